The quantitative estimate of drug-likeness (QED) is 0.661. The molecule has 0 aliphatic carbocycles. The molecule has 92 valence electrons. The van der Waals surface area contributed by atoms with Gasteiger partial charge in [0.05, 0.1) is 22.7 Å². The van der Waals surface area contributed by atoms with E-state index in [0.717, 1.165) is 22.4 Å². The molecule has 0 unspecified atom stereocenters. The average Bonchev–Trinajstić information content (AvgIpc) is 2.76. The summed E-state index contributed by atoms with van der Waals surface area (Å²) in [5.41, 5.74) is 4.88. The van der Waals surface area contributed by atoms with Crippen molar-refractivity contribution in [2.45, 2.75) is 6.92 Å². The van der Waals surface area contributed by atoms with Gasteiger partial charge >= 0.3 is 0 Å². The van der Waals surface area contributed by atoms with E-state index in [1.807, 2.05) is 35.9 Å². The lowest BCUT2D eigenvalue weighted by Gasteiger charge is -2.05. The molecule has 2 aromatic carbocycles. The van der Waals surface area contributed by atoms with Crippen LogP contribution in [0.4, 0.5) is 0 Å². The highest BCUT2D eigenvalue weighted by Crippen LogP contribution is 2.26. The fraction of sp³-hybridized carbons (Fsp3) is 0.125. The summed E-state index contributed by atoms with van der Waals surface area (Å²) in [6, 6.07) is 15.9. The zero-order valence-electron chi connectivity index (χ0n) is 10.9. The predicted octanol–water partition coefficient (Wildman–Crippen LogP) is 3.42. The molecular weight excluding hydrogens is 234 g/mol. The van der Waals surface area contributed by atoms with Crippen LogP contribution in [0.2, 0.25) is 0 Å². The van der Waals surface area contributed by atoms with E-state index in [-0.39, 0.29) is 0 Å². The lowest BCUT2D eigenvalue weighted by molar-refractivity contribution is 0.957. The average molecular weight is 247 g/mol. The first-order valence-corrected chi connectivity index (χ1v) is 6.13. The minimum atomic E-state index is 0.659. The van der Waals surface area contributed by atoms with Crippen molar-refractivity contribution in [3.63, 3.8) is 0 Å². The third-order valence-electron chi connectivity index (χ3n) is 3.40. The van der Waals surface area contributed by atoms with Crippen molar-refractivity contribution in [2.75, 3.05) is 0 Å². The number of rotatable bonds is 1. The van der Waals surface area contributed by atoms with E-state index in [2.05, 4.69) is 30.1 Å². The lowest BCUT2D eigenvalue weighted by atomic mass is 10.1. The smallest absolute Gasteiger partial charge is 0.141 e. The van der Waals surface area contributed by atoms with Crippen molar-refractivity contribution in [3.8, 4) is 17.5 Å². The van der Waals surface area contributed by atoms with Crippen LogP contribution in [0.3, 0.4) is 0 Å². The summed E-state index contributed by atoms with van der Waals surface area (Å²) < 4.78 is 2.04. The van der Waals surface area contributed by atoms with E-state index in [1.54, 1.807) is 6.07 Å². The van der Waals surface area contributed by atoms with Crippen molar-refractivity contribution in [3.05, 3.63) is 53.6 Å². The van der Waals surface area contributed by atoms with Gasteiger partial charge in [0.15, 0.2) is 0 Å². The Morgan fingerprint density at radius 3 is 2.68 bits per heavy atom. The van der Waals surface area contributed by atoms with Crippen molar-refractivity contribution in [1.29, 1.82) is 5.26 Å². The number of hydrogen-bond donors (Lipinski definition) is 0. The third kappa shape index (κ3) is 1.78. The summed E-state index contributed by atoms with van der Waals surface area (Å²) in [5, 5.41) is 8.98. The molecule has 0 aliphatic rings. The van der Waals surface area contributed by atoms with E-state index in [1.165, 1.54) is 5.56 Å². The number of fused-ring (bicyclic) bond motifs is 1. The van der Waals surface area contributed by atoms with Crippen LogP contribution < -0.4 is 0 Å². The molecule has 0 amide bonds. The standard InChI is InChI=1S/C16H13N3/c1-11-5-3-4-6-13(11)16-18-14-8-7-12(10-17)9-15(14)19(16)2/h3-9H,1-2H3. The molecule has 0 fully saturated rings. The molecule has 19 heavy (non-hydrogen) atoms. The summed E-state index contributed by atoms with van der Waals surface area (Å²) in [6.45, 7) is 2.08. The Morgan fingerprint density at radius 1 is 1.16 bits per heavy atom. The van der Waals surface area contributed by atoms with Gasteiger partial charge < -0.3 is 4.57 Å². The molecule has 0 radical (unpaired) electrons. The van der Waals surface area contributed by atoms with Crippen LogP contribution in [0.15, 0.2) is 42.5 Å². The van der Waals surface area contributed by atoms with Crippen molar-refractivity contribution >= 4 is 11.0 Å². The number of benzene rings is 2. The maximum Gasteiger partial charge on any atom is 0.141 e. The van der Waals surface area contributed by atoms with Gasteiger partial charge in [0.25, 0.3) is 0 Å². The van der Waals surface area contributed by atoms with Crippen LogP contribution in [-0.4, -0.2) is 9.55 Å². The molecule has 3 rings (SSSR count). The number of nitrogens with zero attached hydrogens (tertiary/aromatic N) is 3. The Morgan fingerprint density at radius 2 is 1.95 bits per heavy atom. The van der Waals surface area contributed by atoms with Gasteiger partial charge in [0, 0.05) is 12.6 Å². The summed E-state index contributed by atoms with van der Waals surface area (Å²) >= 11 is 0. The van der Waals surface area contributed by atoms with Crippen molar-refractivity contribution in [1.82, 2.24) is 9.55 Å². The normalized spacial score (nSPS) is 10.6. The second-order valence-corrected chi connectivity index (χ2v) is 4.62. The monoisotopic (exact) mass is 247 g/mol. The lowest BCUT2D eigenvalue weighted by Crippen LogP contribution is -1.94. The highest BCUT2D eigenvalue weighted by molar-refractivity contribution is 5.82. The maximum absolute atomic E-state index is 8.98. The molecule has 0 N–H and O–H groups in total. The highest BCUT2D eigenvalue weighted by atomic mass is 15.1. The highest BCUT2D eigenvalue weighted by Gasteiger charge is 2.11. The van der Waals surface area contributed by atoms with Gasteiger partial charge in [0.1, 0.15) is 5.82 Å². The van der Waals surface area contributed by atoms with E-state index in [4.69, 9.17) is 5.26 Å². The summed E-state index contributed by atoms with van der Waals surface area (Å²) in [4.78, 5) is 4.67. The van der Waals surface area contributed by atoms with Crippen LogP contribution in [-0.2, 0) is 7.05 Å². The fourth-order valence-electron chi connectivity index (χ4n) is 2.32. The van der Waals surface area contributed by atoms with E-state index in [0.29, 0.717) is 5.56 Å². The minimum Gasteiger partial charge on any atom is -0.327 e. The molecule has 0 saturated heterocycles. The van der Waals surface area contributed by atoms with Gasteiger partial charge in [-0.25, -0.2) is 4.98 Å². The Balaban J connectivity index is 2.30. The van der Waals surface area contributed by atoms with Crippen LogP contribution >= 0.6 is 0 Å². The van der Waals surface area contributed by atoms with Gasteiger partial charge in [-0.1, -0.05) is 24.3 Å². The van der Waals surface area contributed by atoms with E-state index < -0.39 is 0 Å². The SMILES string of the molecule is Cc1ccccc1-c1nc2ccc(C#N)cc2n1C. The molecule has 0 saturated carbocycles. The first-order valence-electron chi connectivity index (χ1n) is 6.13. The topological polar surface area (TPSA) is 41.6 Å². The number of nitriles is 1. The molecule has 0 aliphatic heterocycles. The summed E-state index contributed by atoms with van der Waals surface area (Å²) in [7, 11) is 1.98. The number of hydrogen-bond acceptors (Lipinski definition) is 2. The summed E-state index contributed by atoms with van der Waals surface area (Å²) in [6.07, 6.45) is 0. The van der Waals surface area contributed by atoms with Gasteiger partial charge in [0.2, 0.25) is 0 Å². The number of aryl methyl sites for hydroxylation is 2. The minimum absolute atomic E-state index is 0.659. The largest absolute Gasteiger partial charge is 0.327 e. The van der Waals surface area contributed by atoms with Crippen molar-refractivity contribution in [2.24, 2.45) is 7.05 Å². The fourth-order valence-corrected chi connectivity index (χ4v) is 2.32. The second kappa shape index (κ2) is 4.25. The van der Waals surface area contributed by atoms with Crippen molar-refractivity contribution < 1.29 is 0 Å². The van der Waals surface area contributed by atoms with E-state index in [9.17, 15) is 0 Å². The zero-order valence-corrected chi connectivity index (χ0v) is 10.9. The van der Waals surface area contributed by atoms with Gasteiger partial charge in [-0.3, -0.25) is 0 Å². The number of imidazole rings is 1. The first-order chi connectivity index (χ1) is 9.20. The molecule has 3 nitrogen and oxygen atoms in total. The molecule has 0 spiro atoms. The third-order valence-corrected chi connectivity index (χ3v) is 3.40. The Labute approximate surface area is 111 Å². The van der Waals surface area contributed by atoms with Gasteiger partial charge in [-0.2, -0.15) is 5.26 Å². The second-order valence-electron chi connectivity index (χ2n) is 4.62. The molecular formula is C16H13N3. The summed E-state index contributed by atoms with van der Waals surface area (Å²) in [5.74, 6) is 0.934. The van der Waals surface area contributed by atoms with Gasteiger partial charge in [-0.05, 0) is 30.7 Å². The Hall–Kier alpha value is -2.60. The molecule has 3 aromatic rings. The number of aromatic nitrogens is 2. The van der Waals surface area contributed by atoms with E-state index >= 15 is 0 Å². The molecule has 3 heteroatoms. The van der Waals surface area contributed by atoms with Crippen LogP contribution in [0.25, 0.3) is 22.4 Å². The van der Waals surface area contributed by atoms with Crippen LogP contribution in [0.1, 0.15) is 11.1 Å². The Kier molecular flexibility index (Phi) is 2.57. The predicted molar refractivity (Wildman–Crippen MR) is 75.6 cm³/mol. The Bertz CT molecular complexity index is 806. The van der Waals surface area contributed by atoms with Crippen LogP contribution in [0, 0.1) is 18.3 Å². The first kappa shape index (κ1) is 11.5. The van der Waals surface area contributed by atoms with Gasteiger partial charge in [-0.15, -0.1) is 0 Å². The van der Waals surface area contributed by atoms with Crippen LogP contribution in [0.5, 0.6) is 0 Å². The molecule has 1 heterocycles. The zero-order chi connectivity index (χ0) is 13.4. The molecule has 1 aromatic heterocycles. The molecule has 0 atom stereocenters. The maximum atomic E-state index is 8.98. The molecule has 0 bridgehead atoms.